The van der Waals surface area contributed by atoms with Crippen LogP contribution < -0.4 is 0 Å². The summed E-state index contributed by atoms with van der Waals surface area (Å²) in [6.45, 7) is 6.27. The van der Waals surface area contributed by atoms with E-state index >= 15 is 0 Å². The molecule has 0 N–H and O–H groups in total. The average Bonchev–Trinajstić information content (AvgIpc) is 3.14. The maximum atomic E-state index is 13.4. The molecule has 1 heteroatoms. The fourth-order valence-electron chi connectivity index (χ4n) is 4.78. The van der Waals surface area contributed by atoms with E-state index in [0.717, 1.165) is 33.4 Å². The molecule has 2 aliphatic rings. The zero-order valence-corrected chi connectivity index (χ0v) is 16.9. The molecular weight excluding hydrogens is 352 g/mol. The zero-order valence-electron chi connectivity index (χ0n) is 16.9. The van der Waals surface area contributed by atoms with Gasteiger partial charge in [0.2, 0.25) is 0 Å². The third kappa shape index (κ3) is 2.58. The summed E-state index contributed by atoms with van der Waals surface area (Å²) < 4.78 is 0. The van der Waals surface area contributed by atoms with Gasteiger partial charge in [-0.15, -0.1) is 0 Å². The number of benzene rings is 3. The van der Waals surface area contributed by atoms with Gasteiger partial charge in [0.1, 0.15) is 0 Å². The van der Waals surface area contributed by atoms with Crippen molar-refractivity contribution in [1.29, 1.82) is 0 Å². The molecule has 1 nitrogen and oxygen atoms in total. The van der Waals surface area contributed by atoms with Gasteiger partial charge in [0.15, 0.2) is 5.78 Å². The van der Waals surface area contributed by atoms with Crippen LogP contribution in [0.1, 0.15) is 36.1 Å². The van der Waals surface area contributed by atoms with Crippen molar-refractivity contribution in [3.8, 4) is 11.1 Å². The van der Waals surface area contributed by atoms with E-state index in [0.29, 0.717) is 0 Å². The van der Waals surface area contributed by atoms with Crippen molar-refractivity contribution < 1.29 is 4.79 Å². The highest BCUT2D eigenvalue weighted by Gasteiger charge is 2.35. The monoisotopic (exact) mass is 374 g/mol. The number of carbonyl (C=O) groups is 1. The van der Waals surface area contributed by atoms with E-state index in [4.69, 9.17) is 0 Å². The smallest absolute Gasteiger partial charge is 0.190 e. The van der Waals surface area contributed by atoms with E-state index in [9.17, 15) is 4.79 Å². The highest BCUT2D eigenvalue weighted by atomic mass is 16.1. The predicted octanol–water partition coefficient (Wildman–Crippen LogP) is 6.89. The van der Waals surface area contributed by atoms with E-state index < -0.39 is 0 Å². The van der Waals surface area contributed by atoms with Crippen LogP contribution in [0.15, 0.2) is 89.5 Å². The van der Waals surface area contributed by atoms with Gasteiger partial charge in [-0.25, -0.2) is 0 Å². The first-order valence-corrected chi connectivity index (χ1v) is 10.0. The first-order chi connectivity index (χ1) is 14.1. The van der Waals surface area contributed by atoms with E-state index in [1.54, 1.807) is 0 Å². The second-order valence-corrected chi connectivity index (χ2v) is 7.84. The molecule has 3 aromatic rings. The number of rotatable bonds is 2. The van der Waals surface area contributed by atoms with Crippen molar-refractivity contribution in [2.24, 2.45) is 0 Å². The van der Waals surface area contributed by atoms with E-state index in [1.807, 2.05) is 31.2 Å². The molecule has 0 aromatic heterocycles. The summed E-state index contributed by atoms with van der Waals surface area (Å²) in [4.78, 5) is 13.4. The van der Waals surface area contributed by atoms with Gasteiger partial charge in [-0.3, -0.25) is 4.79 Å². The molecule has 0 aliphatic heterocycles. The highest BCUT2D eigenvalue weighted by Crippen LogP contribution is 2.50. The number of Topliss-reactive ketones (excluding diaryl/α,β-unsaturated/α-hetero) is 1. The average molecular weight is 374 g/mol. The molecule has 0 unspecified atom stereocenters. The standard InChI is InChI=1S/C28H22O/c1-17-14-15-22-16-23-26(27(22)24(17)20-10-6-4-7-11-20)18(2)25(19(3)28(23)29)21-12-8-5-9-13-21/h4-16H,1-3H3. The number of carbonyl (C=O) groups excluding carboxylic acids is 1. The molecule has 0 radical (unpaired) electrons. The van der Waals surface area contributed by atoms with E-state index in [2.05, 4.69) is 68.5 Å². The minimum atomic E-state index is 0.136. The summed E-state index contributed by atoms with van der Waals surface area (Å²) >= 11 is 0. The molecular formula is C28H22O. The zero-order chi connectivity index (χ0) is 20.1. The van der Waals surface area contributed by atoms with Crippen molar-refractivity contribution in [3.63, 3.8) is 0 Å². The number of allylic oxidation sites excluding steroid dienone is 5. The molecule has 29 heavy (non-hydrogen) atoms. The quantitative estimate of drug-likeness (QED) is 0.477. The molecule has 0 spiro atoms. The molecule has 0 amide bonds. The van der Waals surface area contributed by atoms with Gasteiger partial charge in [-0.1, -0.05) is 72.8 Å². The molecule has 0 heterocycles. The summed E-state index contributed by atoms with van der Waals surface area (Å²) in [6, 6.07) is 25.1. The maximum Gasteiger partial charge on any atom is 0.190 e. The van der Waals surface area contributed by atoms with Crippen LogP contribution in [0.25, 0.3) is 28.3 Å². The van der Waals surface area contributed by atoms with Gasteiger partial charge in [0.25, 0.3) is 0 Å². The lowest BCUT2D eigenvalue weighted by molar-refractivity contribution is -0.111. The number of hydrogen-bond acceptors (Lipinski definition) is 1. The topological polar surface area (TPSA) is 17.1 Å². The van der Waals surface area contributed by atoms with Crippen molar-refractivity contribution >= 4 is 23.0 Å². The molecule has 2 aliphatic carbocycles. The third-order valence-electron chi connectivity index (χ3n) is 6.10. The molecule has 140 valence electrons. The summed E-state index contributed by atoms with van der Waals surface area (Å²) in [5.74, 6) is 0.136. The van der Waals surface area contributed by atoms with Crippen molar-refractivity contribution in [3.05, 3.63) is 112 Å². The second-order valence-electron chi connectivity index (χ2n) is 7.84. The Hall–Kier alpha value is -3.45. The lowest BCUT2D eigenvalue weighted by Gasteiger charge is -2.24. The Labute approximate surface area is 171 Å². The van der Waals surface area contributed by atoms with Crippen LogP contribution in [0.2, 0.25) is 0 Å². The Morgan fingerprint density at radius 1 is 0.586 bits per heavy atom. The van der Waals surface area contributed by atoms with Crippen LogP contribution in [0.4, 0.5) is 0 Å². The van der Waals surface area contributed by atoms with Gasteiger partial charge < -0.3 is 0 Å². The number of hydrogen-bond donors (Lipinski definition) is 0. The van der Waals surface area contributed by atoms with Gasteiger partial charge in [0.05, 0.1) is 0 Å². The SMILES string of the molecule is CC1=C(c2ccccc2)C(C)=C2C(=Cc3ccc(C)c(-c4ccccc4)c32)C1=O. The lowest BCUT2D eigenvalue weighted by atomic mass is 9.78. The first kappa shape index (κ1) is 17.6. The van der Waals surface area contributed by atoms with Gasteiger partial charge in [-0.2, -0.15) is 0 Å². The van der Waals surface area contributed by atoms with Crippen LogP contribution >= 0.6 is 0 Å². The summed E-state index contributed by atoms with van der Waals surface area (Å²) in [5, 5.41) is 0. The summed E-state index contributed by atoms with van der Waals surface area (Å²) in [5.41, 5.74) is 12.1. The maximum absolute atomic E-state index is 13.4. The van der Waals surface area contributed by atoms with Crippen LogP contribution in [0.3, 0.4) is 0 Å². The molecule has 0 atom stereocenters. The molecule has 0 bridgehead atoms. The number of ketones is 1. The molecule has 5 rings (SSSR count). The number of aryl methyl sites for hydroxylation is 1. The van der Waals surface area contributed by atoms with Crippen LogP contribution in [-0.2, 0) is 4.79 Å². The predicted molar refractivity (Wildman–Crippen MR) is 121 cm³/mol. The van der Waals surface area contributed by atoms with Crippen molar-refractivity contribution in [2.45, 2.75) is 20.8 Å². The minimum absolute atomic E-state index is 0.136. The lowest BCUT2D eigenvalue weighted by Crippen LogP contribution is -2.13. The second kappa shape index (κ2) is 6.56. The summed E-state index contributed by atoms with van der Waals surface area (Å²) in [7, 11) is 0. The fraction of sp³-hybridized carbons (Fsp3) is 0.107. The number of fused-ring (bicyclic) bond motifs is 3. The Bertz CT molecular complexity index is 1250. The van der Waals surface area contributed by atoms with Gasteiger partial charge >= 0.3 is 0 Å². The fourth-order valence-corrected chi connectivity index (χ4v) is 4.78. The van der Waals surface area contributed by atoms with Gasteiger partial charge in [0, 0.05) is 11.1 Å². The van der Waals surface area contributed by atoms with Crippen LogP contribution in [0, 0.1) is 6.92 Å². The van der Waals surface area contributed by atoms with Crippen molar-refractivity contribution in [2.75, 3.05) is 0 Å². The minimum Gasteiger partial charge on any atom is -0.289 e. The highest BCUT2D eigenvalue weighted by molar-refractivity contribution is 6.32. The Balaban J connectivity index is 1.83. The Morgan fingerprint density at radius 3 is 1.86 bits per heavy atom. The molecule has 0 fully saturated rings. The largest absolute Gasteiger partial charge is 0.289 e. The van der Waals surface area contributed by atoms with E-state index in [-0.39, 0.29) is 5.78 Å². The Morgan fingerprint density at radius 2 is 1.21 bits per heavy atom. The van der Waals surface area contributed by atoms with E-state index in [1.165, 1.54) is 27.8 Å². The first-order valence-electron chi connectivity index (χ1n) is 10.0. The third-order valence-corrected chi connectivity index (χ3v) is 6.10. The van der Waals surface area contributed by atoms with Crippen molar-refractivity contribution in [1.82, 2.24) is 0 Å². The van der Waals surface area contributed by atoms with Crippen LogP contribution in [0.5, 0.6) is 0 Å². The molecule has 3 aromatic carbocycles. The van der Waals surface area contributed by atoms with Gasteiger partial charge in [-0.05, 0) is 76.9 Å². The normalized spacial score (nSPS) is 15.4. The Kier molecular flexibility index (Phi) is 3.99. The molecule has 0 saturated heterocycles. The molecule has 0 saturated carbocycles. The van der Waals surface area contributed by atoms with Crippen LogP contribution in [-0.4, -0.2) is 5.78 Å². The summed E-state index contributed by atoms with van der Waals surface area (Å²) in [6.07, 6.45) is 2.08.